The van der Waals surface area contributed by atoms with E-state index in [-0.39, 0.29) is 23.7 Å². The van der Waals surface area contributed by atoms with Crippen LogP contribution in [0.1, 0.15) is 53.8 Å². The number of allylic oxidation sites excluding steroid dienone is 1. The molecule has 2 aromatic heterocycles. The predicted molar refractivity (Wildman–Crippen MR) is 152 cm³/mol. The topological polar surface area (TPSA) is 68.1 Å². The molecule has 0 bridgehead atoms. The zero-order valence-electron chi connectivity index (χ0n) is 21.9. The number of carbonyl (C=O) groups excluding carboxylic acids is 1. The summed E-state index contributed by atoms with van der Waals surface area (Å²) in [4.78, 5) is 19.7. The van der Waals surface area contributed by atoms with Crippen LogP contribution in [0.25, 0.3) is 11.8 Å². The maximum absolute atomic E-state index is 14.4. The number of hydrogen-bond acceptors (Lipinski definition) is 4. The lowest BCUT2D eigenvalue weighted by atomic mass is 9.60. The van der Waals surface area contributed by atoms with Gasteiger partial charge in [-0.15, -0.1) is 0 Å². The van der Waals surface area contributed by atoms with Gasteiger partial charge in [0.15, 0.2) is 5.78 Å². The number of Topliss-reactive ketones (excluding diaryl/α,β-unsaturated/α-hetero) is 1. The van der Waals surface area contributed by atoms with Crippen molar-refractivity contribution in [2.45, 2.75) is 55.5 Å². The Kier molecular flexibility index (Phi) is 6.32. The van der Waals surface area contributed by atoms with Crippen LogP contribution in [0.3, 0.4) is 0 Å². The summed E-state index contributed by atoms with van der Waals surface area (Å²) in [6.45, 7) is 0. The van der Waals surface area contributed by atoms with E-state index in [2.05, 4.69) is 20.5 Å². The van der Waals surface area contributed by atoms with Crippen molar-refractivity contribution in [1.29, 1.82) is 0 Å². The van der Waals surface area contributed by atoms with Crippen LogP contribution in [-0.2, 0) is 17.4 Å². The molecular formula is C32H29FN4O2S. The number of nitrogens with zero attached hydrogens (tertiary/aromatic N) is 4. The molecule has 40 heavy (non-hydrogen) atoms. The van der Waals surface area contributed by atoms with Gasteiger partial charge in [0.2, 0.25) is 0 Å². The molecule has 7 rings (SSSR count). The number of benzene rings is 2. The van der Waals surface area contributed by atoms with Gasteiger partial charge >= 0.3 is 0 Å². The summed E-state index contributed by atoms with van der Waals surface area (Å²) >= 11 is 0. The van der Waals surface area contributed by atoms with Gasteiger partial charge in [0.25, 0.3) is 0 Å². The molecular weight excluding hydrogens is 523 g/mol. The highest BCUT2D eigenvalue weighted by Crippen LogP contribution is 2.52. The predicted octanol–water partition coefficient (Wildman–Crippen LogP) is 5.95. The summed E-state index contributed by atoms with van der Waals surface area (Å²) in [5, 5.41) is 4.64. The molecule has 4 aromatic rings. The van der Waals surface area contributed by atoms with Crippen LogP contribution >= 0.6 is 0 Å². The third-order valence-electron chi connectivity index (χ3n) is 8.44. The summed E-state index contributed by atoms with van der Waals surface area (Å²) in [5.41, 5.74) is 3.39. The Labute approximate surface area is 235 Å². The average molecular weight is 553 g/mol. The molecule has 3 aliphatic rings. The molecule has 0 spiro atoms. The van der Waals surface area contributed by atoms with E-state index in [1.54, 1.807) is 24.4 Å². The van der Waals surface area contributed by atoms with Crippen molar-refractivity contribution < 1.29 is 13.4 Å². The minimum Gasteiger partial charge on any atom is -0.291 e. The average Bonchev–Trinajstić information content (AvgIpc) is 3.75. The third kappa shape index (κ3) is 4.35. The standard InChI is InChI=1S/C32H29FN4O2S/c33-24-10-13-25(14-11-24)36-30-18-23-9-12-27(37(26-15-16-26)40(39)28-6-2-1-3-7-28)20-32(23,19-22(30)21-35-36)31(38)29-8-4-5-17-34-29/h1-8,10-11,13-14,17-18,21,26-27H,9,12,15-16,19-20H2. The number of rotatable bonds is 7. The van der Waals surface area contributed by atoms with Gasteiger partial charge in [-0.3, -0.25) is 9.78 Å². The van der Waals surface area contributed by atoms with Crippen molar-refractivity contribution in [3.05, 3.63) is 114 Å². The first-order valence-electron chi connectivity index (χ1n) is 13.8. The Balaban J connectivity index is 1.30. The first-order valence-corrected chi connectivity index (χ1v) is 14.9. The lowest BCUT2D eigenvalue weighted by molar-refractivity contribution is 0.0737. The van der Waals surface area contributed by atoms with E-state index in [1.807, 2.05) is 53.3 Å². The quantitative estimate of drug-likeness (QED) is 0.266. The van der Waals surface area contributed by atoms with E-state index in [0.29, 0.717) is 25.0 Å². The minimum atomic E-state index is -1.30. The van der Waals surface area contributed by atoms with Gasteiger partial charge in [-0.1, -0.05) is 29.8 Å². The number of halogens is 1. The first kappa shape index (κ1) is 25.2. The normalized spacial score (nSPS) is 22.8. The minimum absolute atomic E-state index is 0.00507. The summed E-state index contributed by atoms with van der Waals surface area (Å²) < 4.78 is 31.5. The van der Waals surface area contributed by atoms with Crippen molar-refractivity contribution in [1.82, 2.24) is 19.1 Å². The molecule has 0 N–H and O–H groups in total. The Morgan fingerprint density at radius 3 is 2.48 bits per heavy atom. The smallest absolute Gasteiger partial charge is 0.191 e. The van der Waals surface area contributed by atoms with Crippen LogP contribution in [-0.4, -0.2) is 41.1 Å². The van der Waals surface area contributed by atoms with E-state index in [4.69, 9.17) is 0 Å². The van der Waals surface area contributed by atoms with Crippen molar-refractivity contribution in [2.75, 3.05) is 0 Å². The Hall–Kier alpha value is -3.75. The maximum atomic E-state index is 14.4. The fourth-order valence-corrected chi connectivity index (χ4v) is 7.95. The number of fused-ring (bicyclic) bond motifs is 2. The molecule has 2 fully saturated rings. The molecule has 0 saturated heterocycles. The molecule has 8 heteroatoms. The number of hydrogen-bond donors (Lipinski definition) is 0. The van der Waals surface area contributed by atoms with Crippen molar-refractivity contribution in [2.24, 2.45) is 5.41 Å². The molecule has 2 saturated carbocycles. The number of aromatic nitrogens is 3. The second-order valence-electron chi connectivity index (χ2n) is 11.0. The van der Waals surface area contributed by atoms with Gasteiger partial charge in [-0.05, 0) is 98.7 Å². The third-order valence-corrected chi connectivity index (χ3v) is 10.1. The van der Waals surface area contributed by atoms with Gasteiger partial charge in [-0.2, -0.15) is 5.10 Å². The van der Waals surface area contributed by atoms with Crippen LogP contribution in [0.5, 0.6) is 0 Å². The highest BCUT2D eigenvalue weighted by molar-refractivity contribution is 7.82. The largest absolute Gasteiger partial charge is 0.291 e. The zero-order chi connectivity index (χ0) is 27.3. The van der Waals surface area contributed by atoms with Gasteiger partial charge < -0.3 is 0 Å². The van der Waals surface area contributed by atoms with E-state index in [1.165, 1.54) is 12.1 Å². The Morgan fingerprint density at radius 1 is 0.975 bits per heavy atom. The fraction of sp³-hybridized carbons (Fsp3) is 0.281. The molecule has 0 radical (unpaired) electrons. The van der Waals surface area contributed by atoms with Crippen LogP contribution in [0, 0.1) is 11.2 Å². The fourth-order valence-electron chi connectivity index (χ4n) is 6.39. The first-order chi connectivity index (χ1) is 19.5. The van der Waals surface area contributed by atoms with E-state index in [9.17, 15) is 13.4 Å². The molecule has 6 nitrogen and oxygen atoms in total. The molecule has 3 aliphatic carbocycles. The van der Waals surface area contributed by atoms with Crippen LogP contribution < -0.4 is 0 Å². The molecule has 3 unspecified atom stereocenters. The highest BCUT2D eigenvalue weighted by Gasteiger charge is 2.52. The summed E-state index contributed by atoms with van der Waals surface area (Å²) in [5.74, 6) is -0.292. The second kappa shape index (κ2) is 10.0. The SMILES string of the molecule is O=C(c1ccccn1)C12Cc3cnn(-c4ccc(F)cc4)c3C=C1CCC(N(C1CC1)S(=O)c1ccccc1)C2. The summed E-state index contributed by atoms with van der Waals surface area (Å²) in [7, 11) is -1.30. The maximum Gasteiger partial charge on any atom is 0.191 e. The van der Waals surface area contributed by atoms with Crippen LogP contribution in [0.2, 0.25) is 0 Å². The number of pyridine rings is 1. The van der Waals surface area contributed by atoms with E-state index in [0.717, 1.165) is 46.7 Å². The Bertz CT molecular complexity index is 1620. The Morgan fingerprint density at radius 2 is 1.75 bits per heavy atom. The van der Waals surface area contributed by atoms with Gasteiger partial charge in [0.05, 0.1) is 27.9 Å². The number of carbonyl (C=O) groups is 1. The van der Waals surface area contributed by atoms with Crippen LogP contribution in [0.15, 0.2) is 95.7 Å². The van der Waals surface area contributed by atoms with Crippen molar-refractivity contribution in [3.63, 3.8) is 0 Å². The molecule has 2 heterocycles. The molecule has 3 atom stereocenters. The summed E-state index contributed by atoms with van der Waals surface area (Å²) in [6.07, 6.45) is 10.2. The van der Waals surface area contributed by atoms with Crippen molar-refractivity contribution in [3.8, 4) is 5.69 Å². The van der Waals surface area contributed by atoms with Gasteiger partial charge in [-0.25, -0.2) is 17.6 Å². The van der Waals surface area contributed by atoms with Gasteiger partial charge in [0.1, 0.15) is 22.5 Å². The molecule has 0 amide bonds. The van der Waals surface area contributed by atoms with Gasteiger partial charge in [0, 0.05) is 18.3 Å². The number of ketones is 1. The summed E-state index contributed by atoms with van der Waals surface area (Å²) in [6, 6.07) is 21.6. The van der Waals surface area contributed by atoms with E-state index < -0.39 is 16.4 Å². The highest BCUT2D eigenvalue weighted by atomic mass is 32.2. The van der Waals surface area contributed by atoms with Crippen molar-refractivity contribution >= 4 is 22.8 Å². The molecule has 0 aliphatic heterocycles. The molecule has 202 valence electrons. The zero-order valence-corrected chi connectivity index (χ0v) is 22.8. The molecule has 2 aromatic carbocycles. The monoisotopic (exact) mass is 552 g/mol. The lowest BCUT2D eigenvalue weighted by Crippen LogP contribution is -2.50. The van der Waals surface area contributed by atoms with E-state index >= 15 is 0 Å². The van der Waals surface area contributed by atoms with Crippen LogP contribution in [0.4, 0.5) is 4.39 Å². The lowest BCUT2D eigenvalue weighted by Gasteiger charge is -2.46. The second-order valence-corrected chi connectivity index (χ2v) is 12.4.